The lowest BCUT2D eigenvalue weighted by atomic mass is 10.2. The van der Waals surface area contributed by atoms with Gasteiger partial charge in [0.25, 0.3) is 0 Å². The number of nitrogens with zero attached hydrogens (tertiary/aromatic N) is 2. The molecule has 4 nitrogen and oxygen atoms in total. The van der Waals surface area contributed by atoms with Gasteiger partial charge in [0.2, 0.25) is 11.8 Å². The number of aryl methyl sites for hydroxylation is 1. The van der Waals surface area contributed by atoms with E-state index in [2.05, 4.69) is 9.97 Å². The van der Waals surface area contributed by atoms with Crippen LogP contribution in [0.25, 0.3) is 10.2 Å². The van der Waals surface area contributed by atoms with Gasteiger partial charge in [-0.25, -0.2) is 4.98 Å². The highest BCUT2D eigenvalue weighted by Crippen LogP contribution is 2.30. The normalized spacial score (nSPS) is 10.9. The Hall–Kier alpha value is -1.85. The molecule has 0 amide bonds. The first kappa shape index (κ1) is 13.1. The molecule has 0 radical (unpaired) electrons. The van der Waals surface area contributed by atoms with Crippen molar-refractivity contribution in [3.63, 3.8) is 0 Å². The number of nitrogens with two attached hydrogens (primary N) is 1. The summed E-state index contributed by atoms with van der Waals surface area (Å²) in [7, 11) is 0. The summed E-state index contributed by atoms with van der Waals surface area (Å²) in [5.41, 5.74) is 6.73. The van der Waals surface area contributed by atoms with Gasteiger partial charge in [-0.1, -0.05) is 23.7 Å². The van der Waals surface area contributed by atoms with Crippen molar-refractivity contribution < 1.29 is 4.74 Å². The molecule has 0 aliphatic carbocycles. The quantitative estimate of drug-likeness (QED) is 0.799. The molecule has 102 valence electrons. The minimum absolute atomic E-state index is 0.227. The molecular weight excluding hydrogens is 294 g/mol. The summed E-state index contributed by atoms with van der Waals surface area (Å²) < 4.78 is 5.77. The second-order valence-electron chi connectivity index (χ2n) is 4.38. The molecule has 2 heterocycles. The zero-order chi connectivity index (χ0) is 14.1. The molecule has 0 fully saturated rings. The van der Waals surface area contributed by atoms with E-state index in [0.717, 1.165) is 20.7 Å². The number of fused-ring (bicyclic) bond motifs is 1. The zero-order valence-corrected chi connectivity index (χ0v) is 12.3. The van der Waals surface area contributed by atoms with Gasteiger partial charge in [0.1, 0.15) is 11.4 Å². The third-order valence-corrected chi connectivity index (χ3v) is 3.98. The molecule has 2 N–H and O–H groups in total. The van der Waals surface area contributed by atoms with E-state index >= 15 is 0 Å². The molecule has 0 saturated heterocycles. The van der Waals surface area contributed by atoms with Gasteiger partial charge < -0.3 is 10.5 Å². The molecule has 20 heavy (non-hydrogen) atoms. The number of hydrogen-bond acceptors (Lipinski definition) is 5. The number of anilines is 1. The Morgan fingerprint density at radius 2 is 2.00 bits per heavy atom. The number of rotatable bonds is 3. The number of halogens is 1. The fraction of sp³-hybridized carbons (Fsp3) is 0.143. The van der Waals surface area contributed by atoms with Crippen LogP contribution in [0.4, 0.5) is 5.95 Å². The average Bonchev–Trinajstić information content (AvgIpc) is 2.78. The number of ether oxygens (including phenoxy) is 1. The van der Waals surface area contributed by atoms with Crippen molar-refractivity contribution in [3.8, 4) is 5.88 Å². The van der Waals surface area contributed by atoms with Crippen LogP contribution >= 0.6 is 22.9 Å². The lowest BCUT2D eigenvalue weighted by Gasteiger charge is -2.07. The van der Waals surface area contributed by atoms with Crippen molar-refractivity contribution in [1.82, 2.24) is 9.97 Å². The molecule has 1 aromatic carbocycles. The van der Waals surface area contributed by atoms with E-state index in [0.29, 0.717) is 17.5 Å². The highest BCUT2D eigenvalue weighted by atomic mass is 35.5. The second-order valence-corrected chi connectivity index (χ2v) is 6.05. The van der Waals surface area contributed by atoms with Crippen LogP contribution in [0.2, 0.25) is 5.02 Å². The Balaban J connectivity index is 1.88. The van der Waals surface area contributed by atoms with E-state index < -0.39 is 0 Å². The predicted octanol–water partition coefficient (Wildman–Crippen LogP) is 3.81. The topological polar surface area (TPSA) is 61.0 Å². The maximum absolute atomic E-state index is 5.85. The number of hydrogen-bond donors (Lipinski definition) is 1. The summed E-state index contributed by atoms with van der Waals surface area (Å²) >= 11 is 7.43. The van der Waals surface area contributed by atoms with E-state index in [1.807, 2.05) is 37.3 Å². The minimum atomic E-state index is 0.227. The van der Waals surface area contributed by atoms with Crippen molar-refractivity contribution in [1.29, 1.82) is 0 Å². The molecule has 0 unspecified atom stereocenters. The zero-order valence-electron chi connectivity index (χ0n) is 10.8. The molecule has 2 aromatic heterocycles. The maximum atomic E-state index is 5.85. The summed E-state index contributed by atoms with van der Waals surface area (Å²) in [4.78, 5) is 10.4. The fourth-order valence-electron chi connectivity index (χ4n) is 1.87. The largest absolute Gasteiger partial charge is 0.472 e. The van der Waals surface area contributed by atoms with Gasteiger partial charge in [-0.15, -0.1) is 11.3 Å². The molecular formula is C14H12ClN3OS. The number of nitrogen functional groups attached to an aromatic ring is 1. The van der Waals surface area contributed by atoms with Crippen molar-refractivity contribution in [2.75, 3.05) is 5.73 Å². The van der Waals surface area contributed by atoms with Gasteiger partial charge in [-0.3, -0.25) is 0 Å². The number of aromatic nitrogens is 2. The highest BCUT2D eigenvalue weighted by Gasteiger charge is 2.10. The lowest BCUT2D eigenvalue weighted by molar-refractivity contribution is 0.298. The lowest BCUT2D eigenvalue weighted by Crippen LogP contribution is -2.01. The Morgan fingerprint density at radius 1 is 1.25 bits per heavy atom. The molecule has 3 rings (SSSR count). The van der Waals surface area contributed by atoms with Gasteiger partial charge in [0.15, 0.2) is 0 Å². The predicted molar refractivity (Wildman–Crippen MR) is 82.3 cm³/mol. The molecule has 0 spiro atoms. The second kappa shape index (κ2) is 5.26. The van der Waals surface area contributed by atoms with Crippen LogP contribution < -0.4 is 10.5 Å². The van der Waals surface area contributed by atoms with Gasteiger partial charge in [0, 0.05) is 9.90 Å². The minimum Gasteiger partial charge on any atom is -0.472 e. The van der Waals surface area contributed by atoms with E-state index in [-0.39, 0.29) is 5.95 Å². The molecule has 0 atom stereocenters. The molecule has 3 aromatic rings. The first-order valence-electron chi connectivity index (χ1n) is 6.03. The number of benzene rings is 1. The average molecular weight is 306 g/mol. The van der Waals surface area contributed by atoms with E-state index in [1.165, 1.54) is 0 Å². The van der Waals surface area contributed by atoms with Gasteiger partial charge >= 0.3 is 0 Å². The van der Waals surface area contributed by atoms with Crippen molar-refractivity contribution in [2.24, 2.45) is 0 Å². The summed E-state index contributed by atoms with van der Waals surface area (Å²) in [5.74, 6) is 0.747. The van der Waals surface area contributed by atoms with Crippen LogP contribution in [-0.2, 0) is 6.61 Å². The van der Waals surface area contributed by atoms with Gasteiger partial charge in [-0.2, -0.15) is 4.98 Å². The Labute approximate surface area is 125 Å². The summed E-state index contributed by atoms with van der Waals surface area (Å²) in [6.45, 7) is 2.43. The molecule has 0 aliphatic rings. The summed E-state index contributed by atoms with van der Waals surface area (Å²) in [6.07, 6.45) is 0. The van der Waals surface area contributed by atoms with E-state index in [1.54, 1.807) is 11.3 Å². The first-order valence-corrected chi connectivity index (χ1v) is 7.22. The van der Waals surface area contributed by atoms with Crippen LogP contribution in [0.3, 0.4) is 0 Å². The molecule has 0 bridgehead atoms. The van der Waals surface area contributed by atoms with Gasteiger partial charge in [0.05, 0.1) is 5.39 Å². The fourth-order valence-corrected chi connectivity index (χ4v) is 2.88. The standard InChI is InChI=1S/C14H12ClN3OS/c1-8-6-11-12(17-14(16)18-13(11)20-8)19-7-9-2-4-10(15)5-3-9/h2-6H,7H2,1H3,(H2,16,17,18). The Morgan fingerprint density at radius 3 is 2.75 bits per heavy atom. The van der Waals surface area contributed by atoms with Crippen molar-refractivity contribution >= 4 is 39.1 Å². The smallest absolute Gasteiger partial charge is 0.227 e. The molecule has 0 saturated carbocycles. The van der Waals surface area contributed by atoms with Crippen LogP contribution in [0.5, 0.6) is 5.88 Å². The van der Waals surface area contributed by atoms with Gasteiger partial charge in [-0.05, 0) is 30.7 Å². The third kappa shape index (κ3) is 2.69. The SMILES string of the molecule is Cc1cc2c(OCc3ccc(Cl)cc3)nc(N)nc2s1. The first-order chi connectivity index (χ1) is 9.61. The third-order valence-electron chi connectivity index (χ3n) is 2.79. The molecule has 6 heteroatoms. The Bertz CT molecular complexity index is 755. The van der Waals surface area contributed by atoms with Crippen LogP contribution in [-0.4, -0.2) is 9.97 Å². The van der Waals surface area contributed by atoms with Crippen LogP contribution in [0, 0.1) is 6.92 Å². The van der Waals surface area contributed by atoms with E-state index in [9.17, 15) is 0 Å². The monoisotopic (exact) mass is 305 g/mol. The van der Waals surface area contributed by atoms with Crippen molar-refractivity contribution in [3.05, 3.63) is 45.8 Å². The summed E-state index contributed by atoms with van der Waals surface area (Å²) in [6, 6.07) is 9.51. The Kier molecular flexibility index (Phi) is 3.46. The van der Waals surface area contributed by atoms with Crippen LogP contribution in [0.15, 0.2) is 30.3 Å². The summed E-state index contributed by atoms with van der Waals surface area (Å²) in [5, 5.41) is 1.60. The van der Waals surface area contributed by atoms with Crippen molar-refractivity contribution in [2.45, 2.75) is 13.5 Å². The maximum Gasteiger partial charge on any atom is 0.227 e. The highest BCUT2D eigenvalue weighted by molar-refractivity contribution is 7.18. The molecule has 0 aliphatic heterocycles. The van der Waals surface area contributed by atoms with Crippen LogP contribution in [0.1, 0.15) is 10.4 Å². The van der Waals surface area contributed by atoms with E-state index in [4.69, 9.17) is 22.1 Å². The number of thiophene rings is 1.